The van der Waals surface area contributed by atoms with Crippen LogP contribution in [0.4, 0.5) is 0 Å². The van der Waals surface area contributed by atoms with Crippen molar-refractivity contribution in [3.63, 3.8) is 0 Å². The van der Waals surface area contributed by atoms with Gasteiger partial charge in [-0.05, 0) is 30.5 Å². The molecular weight excluding hydrogens is 368 g/mol. The van der Waals surface area contributed by atoms with Crippen LogP contribution in [0.3, 0.4) is 0 Å². The minimum atomic E-state index is -3.79. The van der Waals surface area contributed by atoms with Crippen LogP contribution in [0.25, 0.3) is 22.5 Å². The van der Waals surface area contributed by atoms with Crippen LogP contribution in [0, 0.1) is 0 Å². The van der Waals surface area contributed by atoms with Gasteiger partial charge in [0.2, 0.25) is 10.0 Å². The number of rotatable bonds is 7. The molecule has 3 N–H and O–H groups in total. The summed E-state index contributed by atoms with van der Waals surface area (Å²) in [7, 11) is -3.79. The second-order valence-corrected chi connectivity index (χ2v) is 7.58. The molecule has 0 aliphatic heterocycles. The zero-order valence-electron chi connectivity index (χ0n) is 14.3. The molecule has 0 spiro atoms. The van der Waals surface area contributed by atoms with Crippen molar-refractivity contribution in [2.24, 2.45) is 5.14 Å². The van der Waals surface area contributed by atoms with Crippen LogP contribution in [-0.4, -0.2) is 24.7 Å². The van der Waals surface area contributed by atoms with Crippen LogP contribution in [0.1, 0.15) is 18.5 Å². The molecule has 3 aromatic rings. The molecule has 0 amide bonds. The minimum Gasteiger partial charge on any atom is -0.481 e. The Bertz CT molecular complexity index is 1040. The molecule has 0 radical (unpaired) electrons. The van der Waals surface area contributed by atoms with Crippen molar-refractivity contribution in [2.75, 3.05) is 0 Å². The first-order valence-electron chi connectivity index (χ1n) is 8.25. The van der Waals surface area contributed by atoms with Gasteiger partial charge in [0.1, 0.15) is 0 Å². The normalized spacial score (nSPS) is 11.4. The molecule has 27 heavy (non-hydrogen) atoms. The molecule has 0 aliphatic carbocycles. The molecule has 1 aromatic heterocycles. The van der Waals surface area contributed by atoms with Crippen molar-refractivity contribution >= 4 is 16.0 Å². The second-order valence-electron chi connectivity index (χ2n) is 6.02. The largest absolute Gasteiger partial charge is 0.481 e. The van der Waals surface area contributed by atoms with Gasteiger partial charge in [-0.2, -0.15) is 0 Å². The number of hydrogen-bond donors (Lipinski definition) is 2. The molecule has 0 atom stereocenters. The minimum absolute atomic E-state index is 0.0105. The van der Waals surface area contributed by atoms with Crippen LogP contribution in [0.5, 0.6) is 0 Å². The maximum Gasteiger partial charge on any atom is 0.303 e. The summed E-state index contributed by atoms with van der Waals surface area (Å²) in [6, 6.07) is 15.5. The first kappa shape index (κ1) is 18.8. The predicted octanol–water partition coefficient (Wildman–Crippen LogP) is 3.06. The molecule has 0 saturated carbocycles. The van der Waals surface area contributed by atoms with E-state index in [1.807, 2.05) is 30.3 Å². The second kappa shape index (κ2) is 7.73. The lowest BCUT2D eigenvalue weighted by atomic mass is 9.97. The van der Waals surface area contributed by atoms with Crippen molar-refractivity contribution in [2.45, 2.75) is 24.2 Å². The maximum absolute atomic E-state index is 11.5. The molecule has 3 rings (SSSR count). The van der Waals surface area contributed by atoms with Gasteiger partial charge < -0.3 is 9.63 Å². The van der Waals surface area contributed by atoms with Gasteiger partial charge in [0.25, 0.3) is 0 Å². The van der Waals surface area contributed by atoms with E-state index < -0.39 is 16.0 Å². The fourth-order valence-corrected chi connectivity index (χ4v) is 3.31. The molecule has 2 aromatic carbocycles. The fourth-order valence-electron chi connectivity index (χ4n) is 2.80. The van der Waals surface area contributed by atoms with E-state index in [0.29, 0.717) is 35.4 Å². The van der Waals surface area contributed by atoms with E-state index in [0.717, 1.165) is 5.56 Å². The number of carboxylic acids is 1. The van der Waals surface area contributed by atoms with E-state index in [2.05, 4.69) is 5.16 Å². The Labute approximate surface area is 156 Å². The third-order valence-electron chi connectivity index (χ3n) is 4.07. The summed E-state index contributed by atoms with van der Waals surface area (Å²) in [6.45, 7) is 0. The number of benzene rings is 2. The number of nitrogens with zero attached hydrogens (tertiary/aromatic N) is 1. The average molecular weight is 386 g/mol. The van der Waals surface area contributed by atoms with Crippen LogP contribution >= 0.6 is 0 Å². The van der Waals surface area contributed by atoms with Crippen molar-refractivity contribution in [1.82, 2.24) is 5.16 Å². The van der Waals surface area contributed by atoms with Gasteiger partial charge in [-0.15, -0.1) is 0 Å². The smallest absolute Gasteiger partial charge is 0.303 e. The van der Waals surface area contributed by atoms with Crippen molar-refractivity contribution < 1.29 is 22.8 Å². The summed E-state index contributed by atoms with van der Waals surface area (Å²) in [4.78, 5) is 10.8. The lowest BCUT2D eigenvalue weighted by Crippen LogP contribution is -2.11. The van der Waals surface area contributed by atoms with Crippen molar-refractivity contribution in [3.05, 3.63) is 60.3 Å². The fraction of sp³-hybridized carbons (Fsp3) is 0.158. The van der Waals surface area contributed by atoms with Crippen LogP contribution in [0.2, 0.25) is 0 Å². The molecule has 140 valence electrons. The number of nitrogens with two attached hydrogens (primary N) is 1. The average Bonchev–Trinajstić information content (AvgIpc) is 3.05. The SMILES string of the molecule is NS(=O)(=O)c1ccc(-c2c(CCCC(=O)O)noc2-c2ccccc2)cc1. The highest BCUT2D eigenvalue weighted by atomic mass is 32.2. The van der Waals surface area contributed by atoms with E-state index in [4.69, 9.17) is 14.8 Å². The van der Waals surface area contributed by atoms with Crippen LogP contribution in [-0.2, 0) is 21.2 Å². The highest BCUT2D eigenvalue weighted by Crippen LogP contribution is 2.36. The van der Waals surface area contributed by atoms with E-state index in [9.17, 15) is 13.2 Å². The Morgan fingerprint density at radius 3 is 2.30 bits per heavy atom. The summed E-state index contributed by atoms with van der Waals surface area (Å²) >= 11 is 0. The van der Waals surface area contributed by atoms with Gasteiger partial charge in [0, 0.05) is 12.0 Å². The van der Waals surface area contributed by atoms with Gasteiger partial charge in [0.15, 0.2) is 5.76 Å². The molecule has 8 heteroatoms. The van der Waals surface area contributed by atoms with E-state index in [-0.39, 0.29) is 11.3 Å². The summed E-state index contributed by atoms with van der Waals surface area (Å²) in [6.07, 6.45) is 0.866. The monoisotopic (exact) mass is 386 g/mol. The standard InChI is InChI=1S/C19H18N2O5S/c20-27(24,25)15-11-9-13(10-12-15)18-16(7-4-8-17(22)23)21-26-19(18)14-5-2-1-3-6-14/h1-3,5-6,9-12H,4,7-8H2,(H,22,23)(H2,20,24,25). The number of carboxylic acid groups (broad SMARTS) is 1. The number of hydrogen-bond acceptors (Lipinski definition) is 5. The molecule has 0 bridgehead atoms. The molecular formula is C19H18N2O5S. The molecule has 0 saturated heterocycles. The molecule has 0 unspecified atom stereocenters. The van der Waals surface area contributed by atoms with Crippen molar-refractivity contribution in [1.29, 1.82) is 0 Å². The lowest BCUT2D eigenvalue weighted by Gasteiger charge is -2.06. The zero-order chi connectivity index (χ0) is 19.4. The molecule has 0 aliphatic rings. The lowest BCUT2D eigenvalue weighted by molar-refractivity contribution is -0.137. The Hall–Kier alpha value is -2.97. The van der Waals surface area contributed by atoms with Gasteiger partial charge in [-0.25, -0.2) is 13.6 Å². The first-order chi connectivity index (χ1) is 12.9. The highest BCUT2D eigenvalue weighted by Gasteiger charge is 2.20. The number of sulfonamides is 1. The predicted molar refractivity (Wildman–Crippen MR) is 99.3 cm³/mol. The molecule has 0 fully saturated rings. The summed E-state index contributed by atoms with van der Waals surface area (Å²) in [5.41, 5.74) is 2.87. The number of aliphatic carboxylic acids is 1. The summed E-state index contributed by atoms with van der Waals surface area (Å²) in [5, 5.41) is 18.1. The number of carbonyl (C=O) groups is 1. The summed E-state index contributed by atoms with van der Waals surface area (Å²) in [5.74, 6) is -0.329. The van der Waals surface area contributed by atoms with Crippen molar-refractivity contribution in [3.8, 4) is 22.5 Å². The highest BCUT2D eigenvalue weighted by molar-refractivity contribution is 7.89. The Kier molecular flexibility index (Phi) is 5.38. The zero-order valence-corrected chi connectivity index (χ0v) is 15.1. The van der Waals surface area contributed by atoms with Gasteiger partial charge >= 0.3 is 5.97 Å². The Morgan fingerprint density at radius 1 is 1.04 bits per heavy atom. The van der Waals surface area contributed by atoms with Gasteiger partial charge in [-0.3, -0.25) is 4.79 Å². The topological polar surface area (TPSA) is 123 Å². The van der Waals surface area contributed by atoms with Gasteiger partial charge in [-0.1, -0.05) is 47.6 Å². The molecule has 1 heterocycles. The Balaban J connectivity index is 2.04. The van der Waals surface area contributed by atoms with E-state index >= 15 is 0 Å². The number of aryl methyl sites for hydroxylation is 1. The van der Waals surface area contributed by atoms with E-state index in [1.165, 1.54) is 12.1 Å². The Morgan fingerprint density at radius 2 is 1.70 bits per heavy atom. The van der Waals surface area contributed by atoms with Gasteiger partial charge in [0.05, 0.1) is 16.2 Å². The number of aromatic nitrogens is 1. The third kappa shape index (κ3) is 4.42. The van der Waals surface area contributed by atoms with E-state index in [1.54, 1.807) is 12.1 Å². The quantitative estimate of drug-likeness (QED) is 0.643. The summed E-state index contributed by atoms with van der Waals surface area (Å²) < 4.78 is 28.5. The first-order valence-corrected chi connectivity index (χ1v) is 9.80. The third-order valence-corrected chi connectivity index (χ3v) is 5.00. The van der Waals surface area contributed by atoms with Crippen LogP contribution in [0.15, 0.2) is 64.0 Å². The number of primary sulfonamides is 1. The molecule has 7 nitrogen and oxygen atoms in total. The van der Waals surface area contributed by atoms with Crippen LogP contribution < -0.4 is 5.14 Å². The maximum atomic E-state index is 11.5.